The first-order valence-electron chi connectivity index (χ1n) is 6.00. The minimum Gasteiger partial charge on any atom is -0.325 e. The van der Waals surface area contributed by atoms with E-state index in [4.69, 9.17) is 5.73 Å². The maximum Gasteiger partial charge on any atom is 0.242 e. The SMILES string of the molecule is Cn1cnnc1CCNS(=O)(=O)c1ccc(CN)nc1. The fourth-order valence-electron chi connectivity index (χ4n) is 1.60. The molecule has 2 rings (SSSR count). The van der Waals surface area contributed by atoms with E-state index in [2.05, 4.69) is 19.9 Å². The Labute approximate surface area is 117 Å². The van der Waals surface area contributed by atoms with Gasteiger partial charge in [-0.2, -0.15) is 0 Å². The van der Waals surface area contributed by atoms with Crippen LogP contribution in [0.5, 0.6) is 0 Å². The van der Waals surface area contributed by atoms with E-state index in [1.165, 1.54) is 12.3 Å². The van der Waals surface area contributed by atoms with Gasteiger partial charge >= 0.3 is 0 Å². The summed E-state index contributed by atoms with van der Waals surface area (Å²) < 4.78 is 28.3. The van der Waals surface area contributed by atoms with E-state index in [1.54, 1.807) is 24.0 Å². The molecule has 0 radical (unpaired) electrons. The lowest BCUT2D eigenvalue weighted by molar-refractivity contribution is 0.579. The van der Waals surface area contributed by atoms with Gasteiger partial charge in [-0.25, -0.2) is 13.1 Å². The molecule has 0 atom stereocenters. The zero-order valence-corrected chi connectivity index (χ0v) is 11.8. The van der Waals surface area contributed by atoms with Crippen molar-refractivity contribution in [2.24, 2.45) is 12.8 Å². The van der Waals surface area contributed by atoms with Crippen LogP contribution >= 0.6 is 0 Å². The molecular weight excluding hydrogens is 280 g/mol. The second kappa shape index (κ2) is 6.07. The Balaban J connectivity index is 1.98. The molecule has 0 spiro atoms. The number of pyridine rings is 1. The fraction of sp³-hybridized carbons (Fsp3) is 0.364. The summed E-state index contributed by atoms with van der Waals surface area (Å²) in [5.41, 5.74) is 6.06. The lowest BCUT2D eigenvalue weighted by Gasteiger charge is -2.06. The van der Waals surface area contributed by atoms with Crippen LogP contribution in [0.25, 0.3) is 0 Å². The first kappa shape index (κ1) is 14.6. The van der Waals surface area contributed by atoms with Crippen molar-refractivity contribution in [2.45, 2.75) is 17.9 Å². The van der Waals surface area contributed by atoms with Crippen molar-refractivity contribution < 1.29 is 8.42 Å². The molecule has 0 unspecified atom stereocenters. The first-order valence-corrected chi connectivity index (χ1v) is 7.49. The standard InChI is InChI=1S/C11H16N6O2S/c1-17-8-14-16-11(17)4-5-15-20(18,19)10-3-2-9(6-12)13-7-10/h2-3,7-8,15H,4-6,12H2,1H3. The molecule has 8 nitrogen and oxygen atoms in total. The largest absolute Gasteiger partial charge is 0.325 e. The van der Waals surface area contributed by atoms with E-state index in [9.17, 15) is 8.42 Å². The number of nitrogens with zero attached hydrogens (tertiary/aromatic N) is 4. The highest BCUT2D eigenvalue weighted by Gasteiger charge is 2.14. The van der Waals surface area contributed by atoms with E-state index < -0.39 is 10.0 Å². The maximum absolute atomic E-state index is 12.0. The van der Waals surface area contributed by atoms with Gasteiger partial charge in [0.25, 0.3) is 0 Å². The monoisotopic (exact) mass is 296 g/mol. The highest BCUT2D eigenvalue weighted by molar-refractivity contribution is 7.89. The van der Waals surface area contributed by atoms with Crippen molar-refractivity contribution in [2.75, 3.05) is 6.54 Å². The zero-order chi connectivity index (χ0) is 14.6. The number of sulfonamides is 1. The van der Waals surface area contributed by atoms with Gasteiger partial charge < -0.3 is 10.3 Å². The van der Waals surface area contributed by atoms with Gasteiger partial charge in [-0.05, 0) is 12.1 Å². The summed E-state index contributed by atoms with van der Waals surface area (Å²) in [4.78, 5) is 4.08. The van der Waals surface area contributed by atoms with Crippen molar-refractivity contribution in [3.05, 3.63) is 36.2 Å². The van der Waals surface area contributed by atoms with Crippen molar-refractivity contribution in [3.8, 4) is 0 Å². The van der Waals surface area contributed by atoms with Crippen LogP contribution in [0.1, 0.15) is 11.5 Å². The van der Waals surface area contributed by atoms with E-state index in [-0.39, 0.29) is 18.0 Å². The number of hydrogen-bond donors (Lipinski definition) is 2. The van der Waals surface area contributed by atoms with Gasteiger partial charge in [-0.1, -0.05) is 0 Å². The molecule has 3 N–H and O–H groups in total. The lowest BCUT2D eigenvalue weighted by Crippen LogP contribution is -2.26. The molecule has 20 heavy (non-hydrogen) atoms. The van der Waals surface area contributed by atoms with Crippen molar-refractivity contribution in [3.63, 3.8) is 0 Å². The van der Waals surface area contributed by atoms with Gasteiger partial charge in [0.15, 0.2) is 0 Å². The minimum absolute atomic E-state index is 0.118. The minimum atomic E-state index is -3.56. The molecular formula is C11H16N6O2S. The summed E-state index contributed by atoms with van der Waals surface area (Å²) in [7, 11) is -1.76. The number of hydrogen-bond acceptors (Lipinski definition) is 6. The Morgan fingerprint density at radius 2 is 2.20 bits per heavy atom. The molecule has 0 amide bonds. The van der Waals surface area contributed by atoms with Crippen LogP contribution in [0, 0.1) is 0 Å². The second-order valence-electron chi connectivity index (χ2n) is 4.20. The molecule has 0 aliphatic rings. The highest BCUT2D eigenvalue weighted by atomic mass is 32.2. The average molecular weight is 296 g/mol. The number of aromatic nitrogens is 4. The summed E-state index contributed by atoms with van der Waals surface area (Å²) in [6, 6.07) is 3.08. The average Bonchev–Trinajstić information content (AvgIpc) is 2.84. The first-order chi connectivity index (χ1) is 9.53. The topological polar surface area (TPSA) is 116 Å². The van der Waals surface area contributed by atoms with Gasteiger partial charge in [-0.15, -0.1) is 10.2 Å². The third kappa shape index (κ3) is 3.38. The predicted molar refractivity (Wildman–Crippen MR) is 72.0 cm³/mol. The smallest absolute Gasteiger partial charge is 0.242 e. The van der Waals surface area contributed by atoms with Crippen LogP contribution in [-0.4, -0.2) is 34.7 Å². The van der Waals surface area contributed by atoms with Crippen LogP contribution in [0.2, 0.25) is 0 Å². The Morgan fingerprint density at radius 1 is 1.40 bits per heavy atom. The van der Waals surface area contributed by atoms with E-state index in [1.807, 2.05) is 0 Å². The van der Waals surface area contributed by atoms with Crippen LogP contribution in [0.15, 0.2) is 29.6 Å². The Hall–Kier alpha value is -1.84. The fourth-order valence-corrected chi connectivity index (χ4v) is 2.58. The number of nitrogens with one attached hydrogen (secondary N) is 1. The quantitative estimate of drug-likeness (QED) is 0.720. The summed E-state index contributed by atoms with van der Waals surface area (Å²) in [6.07, 6.45) is 3.33. The van der Waals surface area contributed by atoms with Crippen LogP contribution < -0.4 is 10.5 Å². The van der Waals surface area contributed by atoms with Gasteiger partial charge in [0.1, 0.15) is 17.0 Å². The Morgan fingerprint density at radius 3 is 2.75 bits per heavy atom. The van der Waals surface area contributed by atoms with Gasteiger partial charge in [-0.3, -0.25) is 4.98 Å². The molecule has 0 aromatic carbocycles. The van der Waals surface area contributed by atoms with E-state index >= 15 is 0 Å². The Bertz CT molecular complexity index is 664. The number of aryl methyl sites for hydroxylation is 1. The van der Waals surface area contributed by atoms with Crippen molar-refractivity contribution in [1.82, 2.24) is 24.5 Å². The molecule has 2 aromatic heterocycles. The molecule has 0 saturated heterocycles. The molecule has 0 bridgehead atoms. The molecule has 9 heteroatoms. The van der Waals surface area contributed by atoms with Gasteiger partial charge in [0, 0.05) is 32.8 Å². The second-order valence-corrected chi connectivity index (χ2v) is 5.96. The maximum atomic E-state index is 12.0. The molecule has 0 aliphatic heterocycles. The number of nitrogens with two attached hydrogens (primary N) is 1. The predicted octanol–water partition coefficient (Wildman–Crippen LogP) is -0.810. The highest BCUT2D eigenvalue weighted by Crippen LogP contribution is 2.07. The molecule has 0 fully saturated rings. The van der Waals surface area contributed by atoms with Crippen LogP contribution in [0.4, 0.5) is 0 Å². The molecule has 108 valence electrons. The zero-order valence-electron chi connectivity index (χ0n) is 11.0. The van der Waals surface area contributed by atoms with Crippen molar-refractivity contribution >= 4 is 10.0 Å². The summed E-state index contributed by atoms with van der Waals surface area (Å²) in [5, 5.41) is 7.61. The number of rotatable bonds is 6. The molecule has 0 aliphatic carbocycles. The van der Waals surface area contributed by atoms with Crippen LogP contribution in [0.3, 0.4) is 0 Å². The third-order valence-corrected chi connectivity index (χ3v) is 4.21. The normalized spacial score (nSPS) is 11.7. The molecule has 0 saturated carbocycles. The molecule has 2 aromatic rings. The van der Waals surface area contributed by atoms with Gasteiger partial charge in [0.05, 0.1) is 5.69 Å². The summed E-state index contributed by atoms with van der Waals surface area (Å²) >= 11 is 0. The summed E-state index contributed by atoms with van der Waals surface area (Å²) in [5.74, 6) is 0.712. The van der Waals surface area contributed by atoms with Gasteiger partial charge in [0.2, 0.25) is 10.0 Å². The summed E-state index contributed by atoms with van der Waals surface area (Å²) in [6.45, 7) is 0.521. The van der Waals surface area contributed by atoms with Crippen molar-refractivity contribution in [1.29, 1.82) is 0 Å². The Kier molecular flexibility index (Phi) is 4.42. The molecule has 2 heterocycles. The lowest BCUT2D eigenvalue weighted by atomic mass is 10.4. The van der Waals surface area contributed by atoms with E-state index in [0.29, 0.717) is 17.9 Å². The van der Waals surface area contributed by atoms with Crippen LogP contribution in [-0.2, 0) is 30.0 Å². The van der Waals surface area contributed by atoms with E-state index in [0.717, 1.165) is 0 Å². The third-order valence-electron chi connectivity index (χ3n) is 2.76.